The van der Waals surface area contributed by atoms with Gasteiger partial charge in [0, 0.05) is 36.4 Å². The molecule has 62 heavy (non-hydrogen) atoms. The number of carbonyl (C=O) groups is 5. The first kappa shape index (κ1) is 44.3. The number of rotatable bonds is 16. The summed E-state index contributed by atoms with van der Waals surface area (Å²) >= 11 is 0. The number of nitrogens with zero attached hydrogens (tertiary/aromatic N) is 1. The van der Waals surface area contributed by atoms with Gasteiger partial charge in [0.05, 0.1) is 34.0 Å². The fourth-order valence-electron chi connectivity index (χ4n) is 12.3. The maximum Gasteiger partial charge on any atom is 0.253 e. The van der Waals surface area contributed by atoms with Crippen LogP contribution in [-0.2, 0) is 29.2 Å². The van der Waals surface area contributed by atoms with E-state index in [9.17, 15) is 27.6 Å². The first-order valence-corrected chi connectivity index (χ1v) is 24.6. The summed E-state index contributed by atoms with van der Waals surface area (Å²) in [5.41, 5.74) is -0.439. The minimum absolute atomic E-state index is 0.0132. The number of hydrogen-bond donors (Lipinski definition) is 3. The third-order valence-electron chi connectivity index (χ3n) is 16.8. The predicted molar refractivity (Wildman–Crippen MR) is 240 cm³/mol. The topological polar surface area (TPSA) is 159 Å². The molecule has 2 aromatic rings. The Kier molecular flexibility index (Phi) is 11.5. The van der Waals surface area contributed by atoms with Gasteiger partial charge in [0.15, 0.2) is 11.6 Å². The maximum atomic E-state index is 15.4. The number of ketones is 2. The molecule has 5 aliphatic carbocycles. The highest BCUT2D eigenvalue weighted by atomic mass is 32.2. The van der Waals surface area contributed by atoms with Crippen LogP contribution < -0.4 is 15.4 Å². The molecule has 1 unspecified atom stereocenters. The molecule has 3 amide bonds. The molecule has 6 fully saturated rings. The molecule has 1 heterocycles. The zero-order valence-corrected chi connectivity index (χ0v) is 38.1. The molecular formula is C50H66N4O7S. The number of sulfonamides is 1. The van der Waals surface area contributed by atoms with Crippen LogP contribution in [0.1, 0.15) is 135 Å². The highest BCUT2D eigenvalue weighted by molar-refractivity contribution is 7.90. The van der Waals surface area contributed by atoms with E-state index < -0.39 is 50.0 Å². The van der Waals surface area contributed by atoms with Gasteiger partial charge in [0.1, 0.15) is 0 Å². The maximum absolute atomic E-state index is 15.4. The molecule has 6 atom stereocenters. The Bertz CT molecular complexity index is 2240. The quantitative estimate of drug-likeness (QED) is 0.142. The standard InChI is InChI=1S/C50H66N4O7S/c1-7-33-28-48(33,45(59)53-62(60,61)35-23-24-35)30-41(56)39-29-50(47(5,6)49(50)25-16-26-49)31-54(39)44(58)37(46(2,3)4)27-40(55)42(32-17-10-8-11-18-32)52-43(57)36-21-14-15-22-38(36)51-34-19-12-9-13-20-34/h7,9,12-15,19-22,32-33,35,37,39,42,51H,1,8,10-11,16-18,23-31H2,2-6H3,(H,52,57)(H,53,59)/t33-,37-,39+,42?,48-,50-/m1/s1. The minimum atomic E-state index is -3.84. The monoisotopic (exact) mass is 866 g/mol. The van der Waals surface area contributed by atoms with Crippen LogP contribution in [0.15, 0.2) is 67.3 Å². The summed E-state index contributed by atoms with van der Waals surface area (Å²) in [5, 5.41) is 5.92. The molecular weight excluding hydrogens is 801 g/mol. The van der Waals surface area contributed by atoms with Gasteiger partial charge in [-0.3, -0.25) is 28.7 Å². The van der Waals surface area contributed by atoms with E-state index in [2.05, 4.69) is 35.8 Å². The van der Waals surface area contributed by atoms with Crippen molar-refractivity contribution < 1.29 is 32.4 Å². The van der Waals surface area contributed by atoms with Gasteiger partial charge in [-0.15, -0.1) is 6.58 Å². The van der Waals surface area contributed by atoms with Crippen molar-refractivity contribution in [1.29, 1.82) is 0 Å². The number of nitrogens with one attached hydrogen (secondary N) is 3. The first-order valence-electron chi connectivity index (χ1n) is 23.1. The molecule has 0 radical (unpaired) electrons. The average molecular weight is 867 g/mol. The van der Waals surface area contributed by atoms with Crippen LogP contribution in [0.25, 0.3) is 0 Å². The Morgan fingerprint density at radius 1 is 0.871 bits per heavy atom. The number of allylic oxidation sites excluding steroid dienone is 1. The molecule has 0 bridgehead atoms. The first-order chi connectivity index (χ1) is 29.3. The van der Waals surface area contributed by atoms with E-state index in [1.54, 1.807) is 23.1 Å². The van der Waals surface area contributed by atoms with Crippen molar-refractivity contribution in [2.24, 2.45) is 44.8 Å². The Labute approximate surface area is 368 Å². The number of anilines is 2. The van der Waals surface area contributed by atoms with E-state index in [1.807, 2.05) is 63.2 Å². The van der Waals surface area contributed by atoms with Crippen molar-refractivity contribution in [1.82, 2.24) is 14.9 Å². The molecule has 334 valence electrons. The van der Waals surface area contributed by atoms with Crippen LogP contribution >= 0.6 is 0 Å². The molecule has 0 aromatic heterocycles. The molecule has 3 N–H and O–H groups in total. The van der Waals surface area contributed by atoms with Gasteiger partial charge in [0.25, 0.3) is 5.91 Å². The van der Waals surface area contributed by atoms with Crippen molar-refractivity contribution in [2.75, 3.05) is 11.9 Å². The van der Waals surface area contributed by atoms with E-state index in [4.69, 9.17) is 0 Å². The number of amides is 3. The lowest BCUT2D eigenvalue weighted by Gasteiger charge is -2.37. The van der Waals surface area contributed by atoms with Gasteiger partial charge in [-0.25, -0.2) is 8.42 Å². The van der Waals surface area contributed by atoms with Gasteiger partial charge in [-0.1, -0.05) is 96.7 Å². The van der Waals surface area contributed by atoms with Crippen molar-refractivity contribution in [3.05, 3.63) is 72.8 Å². The van der Waals surface area contributed by atoms with Gasteiger partial charge in [-0.05, 0) is 104 Å². The minimum Gasteiger partial charge on any atom is -0.355 e. The van der Waals surface area contributed by atoms with Crippen molar-refractivity contribution >= 4 is 50.7 Å². The molecule has 11 nitrogen and oxygen atoms in total. The fourth-order valence-corrected chi connectivity index (χ4v) is 13.7. The SMILES string of the molecule is C=C[C@@H]1C[C@]1(CC(=O)[C@@H]1C[C@@]2(CN1C(=O)[C@@H](CC(=O)C(NC(=O)c1ccccc1Nc1ccccc1)C1CCCCC1)C(C)(C)C)C(C)(C)C21CCC1)C(=O)NS(=O)(=O)C1CC1. The third-order valence-corrected chi connectivity index (χ3v) is 18.6. The Hall–Kier alpha value is -4.32. The molecule has 8 rings (SSSR count). The second-order valence-electron chi connectivity index (χ2n) is 21.3. The second-order valence-corrected chi connectivity index (χ2v) is 23.3. The number of carbonyl (C=O) groups excluding carboxylic acids is 5. The molecule has 12 heteroatoms. The van der Waals surface area contributed by atoms with Crippen molar-refractivity contribution in [3.63, 3.8) is 0 Å². The van der Waals surface area contributed by atoms with Crippen LogP contribution in [-0.4, -0.2) is 66.5 Å². The van der Waals surface area contributed by atoms with E-state index in [-0.39, 0.29) is 64.3 Å². The lowest BCUT2D eigenvalue weighted by atomic mass is 9.73. The van der Waals surface area contributed by atoms with Gasteiger partial charge < -0.3 is 15.5 Å². The Morgan fingerprint density at radius 3 is 2.11 bits per heavy atom. The average Bonchev–Trinajstić information content (AvgIpc) is 4.17. The van der Waals surface area contributed by atoms with Gasteiger partial charge >= 0.3 is 0 Å². The molecule has 2 spiro atoms. The van der Waals surface area contributed by atoms with Crippen molar-refractivity contribution in [2.45, 2.75) is 142 Å². The van der Waals surface area contributed by atoms with Crippen LogP contribution in [0, 0.1) is 44.8 Å². The van der Waals surface area contributed by atoms with Gasteiger partial charge in [0.2, 0.25) is 21.8 Å². The van der Waals surface area contributed by atoms with Crippen LogP contribution in [0.4, 0.5) is 11.4 Å². The Balaban J connectivity index is 1.06. The fraction of sp³-hybridized carbons (Fsp3) is 0.620. The summed E-state index contributed by atoms with van der Waals surface area (Å²) in [7, 11) is -3.84. The van der Waals surface area contributed by atoms with E-state index in [0.29, 0.717) is 43.5 Å². The molecule has 2 aromatic carbocycles. The van der Waals surface area contributed by atoms with E-state index in [1.165, 1.54) is 0 Å². The zero-order chi connectivity index (χ0) is 44.5. The summed E-state index contributed by atoms with van der Waals surface area (Å²) in [6.45, 7) is 14.7. The van der Waals surface area contributed by atoms with Crippen LogP contribution in [0.5, 0.6) is 0 Å². The van der Waals surface area contributed by atoms with Crippen LogP contribution in [0.2, 0.25) is 0 Å². The lowest BCUT2D eigenvalue weighted by Crippen LogP contribution is -2.51. The summed E-state index contributed by atoms with van der Waals surface area (Å²) in [5.74, 6) is -2.95. The molecule has 5 saturated carbocycles. The number of fused-ring (bicyclic) bond motifs is 1. The lowest BCUT2D eigenvalue weighted by molar-refractivity contribution is -0.146. The number of Topliss-reactive ketones (excluding diaryl/α,β-unsaturated/α-hetero) is 2. The number of benzene rings is 2. The highest BCUT2D eigenvalue weighted by Gasteiger charge is 2.85. The third kappa shape index (κ3) is 7.63. The van der Waals surface area contributed by atoms with Crippen LogP contribution in [0.3, 0.4) is 0 Å². The van der Waals surface area contributed by atoms with Gasteiger partial charge in [-0.2, -0.15) is 0 Å². The van der Waals surface area contributed by atoms with E-state index in [0.717, 1.165) is 57.1 Å². The molecule has 1 saturated heterocycles. The molecule has 1 aliphatic heterocycles. The summed E-state index contributed by atoms with van der Waals surface area (Å²) in [6.07, 6.45) is 10.8. The zero-order valence-electron chi connectivity index (χ0n) is 37.3. The predicted octanol–water partition coefficient (Wildman–Crippen LogP) is 8.29. The second kappa shape index (κ2) is 16.0. The summed E-state index contributed by atoms with van der Waals surface area (Å²) < 4.78 is 28.1. The molecule has 6 aliphatic rings. The number of likely N-dealkylation sites (tertiary alicyclic amines) is 1. The highest BCUT2D eigenvalue weighted by Crippen LogP contribution is 2.88. The van der Waals surface area contributed by atoms with Crippen molar-refractivity contribution in [3.8, 4) is 0 Å². The largest absolute Gasteiger partial charge is 0.355 e. The smallest absolute Gasteiger partial charge is 0.253 e. The summed E-state index contributed by atoms with van der Waals surface area (Å²) in [6, 6.07) is 15.2. The number of para-hydroxylation sites is 2. The summed E-state index contributed by atoms with van der Waals surface area (Å²) in [4.78, 5) is 75.0. The number of hydrogen-bond acceptors (Lipinski definition) is 8. The van der Waals surface area contributed by atoms with E-state index >= 15 is 4.79 Å². The normalized spacial score (nSPS) is 28.3. The Morgan fingerprint density at radius 2 is 1.53 bits per heavy atom.